The Morgan fingerprint density at radius 1 is 1.04 bits per heavy atom. The molecular weight excluding hydrogens is 606 g/mol. The number of benzene rings is 2. The van der Waals surface area contributed by atoms with Gasteiger partial charge in [0.2, 0.25) is 15.9 Å². The first-order valence-corrected chi connectivity index (χ1v) is 18.1. The Morgan fingerprint density at radius 3 is 2.43 bits per heavy atom. The van der Waals surface area contributed by atoms with Gasteiger partial charge in [-0.3, -0.25) is 9.59 Å². The van der Waals surface area contributed by atoms with E-state index in [-0.39, 0.29) is 54.3 Å². The molecule has 2 aromatic carbocycles. The Hall–Kier alpha value is -2.99. The molecule has 4 rings (SSSR count). The molecular formula is C35H51N3O7S. The highest BCUT2D eigenvalue weighted by molar-refractivity contribution is 7.89. The van der Waals surface area contributed by atoms with Gasteiger partial charge in [0.25, 0.3) is 5.91 Å². The predicted octanol–water partition coefficient (Wildman–Crippen LogP) is 5.32. The fourth-order valence-electron chi connectivity index (χ4n) is 6.20. The summed E-state index contributed by atoms with van der Waals surface area (Å²) in [6, 6.07) is 12.9. The van der Waals surface area contributed by atoms with Crippen molar-refractivity contribution < 1.29 is 32.6 Å². The first-order valence-electron chi connectivity index (χ1n) is 16.7. The zero-order valence-electron chi connectivity index (χ0n) is 27.7. The maximum Gasteiger partial charge on any atom is 0.258 e. The second-order valence-electron chi connectivity index (χ2n) is 12.9. The summed E-state index contributed by atoms with van der Waals surface area (Å²) in [6.45, 7) is 6.14. The van der Waals surface area contributed by atoms with E-state index in [1.54, 1.807) is 67.4 Å². The zero-order chi connectivity index (χ0) is 33.3. The Morgan fingerprint density at radius 2 is 1.74 bits per heavy atom. The maximum atomic E-state index is 14.3. The molecule has 1 aliphatic carbocycles. The Bertz CT molecular complexity index is 1400. The Labute approximate surface area is 274 Å². The molecule has 0 saturated heterocycles. The third kappa shape index (κ3) is 9.30. The van der Waals surface area contributed by atoms with E-state index in [9.17, 15) is 23.1 Å². The molecule has 1 saturated carbocycles. The van der Waals surface area contributed by atoms with E-state index in [0.717, 1.165) is 51.4 Å². The number of anilines is 1. The molecule has 1 heterocycles. The number of rotatable bonds is 8. The van der Waals surface area contributed by atoms with Crippen molar-refractivity contribution in [2.45, 2.75) is 95.3 Å². The van der Waals surface area contributed by atoms with Crippen LogP contribution in [0.1, 0.15) is 82.5 Å². The van der Waals surface area contributed by atoms with Gasteiger partial charge in [-0.2, -0.15) is 4.31 Å². The summed E-state index contributed by atoms with van der Waals surface area (Å²) in [5.74, 6) is -0.278. The van der Waals surface area contributed by atoms with E-state index in [1.807, 2.05) is 13.8 Å². The summed E-state index contributed by atoms with van der Waals surface area (Å²) in [5, 5.41) is 13.2. The first kappa shape index (κ1) is 35.9. The second kappa shape index (κ2) is 16.7. The van der Waals surface area contributed by atoms with Gasteiger partial charge in [0.1, 0.15) is 5.75 Å². The summed E-state index contributed by atoms with van der Waals surface area (Å²) in [4.78, 5) is 29.2. The molecule has 254 valence electrons. The van der Waals surface area contributed by atoms with Crippen LogP contribution in [0.4, 0.5) is 5.69 Å². The van der Waals surface area contributed by atoms with Crippen LogP contribution >= 0.6 is 0 Å². The number of ether oxygens (including phenoxy) is 2. The number of sulfonamides is 1. The number of carbonyl (C=O) groups is 2. The highest BCUT2D eigenvalue weighted by Gasteiger charge is 2.32. The monoisotopic (exact) mass is 657 g/mol. The normalized spacial score (nSPS) is 23.2. The highest BCUT2D eigenvalue weighted by atomic mass is 32.2. The van der Waals surface area contributed by atoms with E-state index >= 15 is 0 Å². The molecule has 0 radical (unpaired) electrons. The fraction of sp³-hybridized carbons (Fsp3) is 0.600. The van der Waals surface area contributed by atoms with Crippen LogP contribution in [0.5, 0.6) is 5.75 Å². The van der Waals surface area contributed by atoms with Crippen LogP contribution in [0, 0.1) is 11.8 Å². The SMILES string of the molecule is C[C@H](CO)N1C[C@H](C)[C@@H](CN(C)S(=O)(=O)c2ccccc2)OCCCC[C@H](C)Oc2ccc(NC(=O)C3CCCCC3)cc2C1=O. The molecule has 0 spiro atoms. The van der Waals surface area contributed by atoms with Crippen LogP contribution in [0.25, 0.3) is 0 Å². The summed E-state index contributed by atoms with van der Waals surface area (Å²) in [6.07, 6.45) is 6.58. The summed E-state index contributed by atoms with van der Waals surface area (Å²) in [5.41, 5.74) is 0.831. The van der Waals surface area contributed by atoms with Gasteiger partial charge in [0.15, 0.2) is 0 Å². The van der Waals surface area contributed by atoms with Crippen molar-refractivity contribution in [2.24, 2.45) is 11.8 Å². The molecule has 2 N–H and O–H groups in total. The molecule has 0 unspecified atom stereocenters. The molecule has 11 heteroatoms. The van der Waals surface area contributed by atoms with Gasteiger partial charge in [-0.25, -0.2) is 8.42 Å². The Balaban J connectivity index is 1.63. The quantitative estimate of drug-likeness (QED) is 0.394. The van der Waals surface area contributed by atoms with Gasteiger partial charge in [0.05, 0.1) is 35.3 Å². The molecule has 1 fully saturated rings. The number of nitrogens with one attached hydrogen (secondary N) is 1. The molecule has 4 atom stereocenters. The molecule has 46 heavy (non-hydrogen) atoms. The largest absolute Gasteiger partial charge is 0.490 e. The van der Waals surface area contributed by atoms with Gasteiger partial charge in [0, 0.05) is 44.3 Å². The summed E-state index contributed by atoms with van der Waals surface area (Å²) >= 11 is 0. The van der Waals surface area contributed by atoms with Crippen LogP contribution in [0.15, 0.2) is 53.4 Å². The van der Waals surface area contributed by atoms with Crippen molar-refractivity contribution in [1.82, 2.24) is 9.21 Å². The lowest BCUT2D eigenvalue weighted by atomic mass is 9.88. The number of fused-ring (bicyclic) bond motifs is 1. The van der Waals surface area contributed by atoms with E-state index in [0.29, 0.717) is 23.6 Å². The fourth-order valence-corrected chi connectivity index (χ4v) is 7.40. The predicted molar refractivity (Wildman–Crippen MR) is 178 cm³/mol. The van der Waals surface area contributed by atoms with Crippen molar-refractivity contribution in [2.75, 3.05) is 38.7 Å². The maximum absolute atomic E-state index is 14.3. The number of likely N-dealkylation sites (N-methyl/N-ethyl adjacent to an activating group) is 1. The zero-order valence-corrected chi connectivity index (χ0v) is 28.5. The van der Waals surface area contributed by atoms with Gasteiger partial charge in [-0.05, 0) is 76.3 Å². The lowest BCUT2D eigenvalue weighted by Gasteiger charge is -2.35. The van der Waals surface area contributed by atoms with Crippen LogP contribution in [0.3, 0.4) is 0 Å². The van der Waals surface area contributed by atoms with Crippen molar-refractivity contribution >= 4 is 27.5 Å². The highest BCUT2D eigenvalue weighted by Crippen LogP contribution is 2.30. The molecule has 2 aromatic rings. The van der Waals surface area contributed by atoms with E-state index in [1.165, 1.54) is 4.31 Å². The minimum atomic E-state index is -3.76. The topological polar surface area (TPSA) is 125 Å². The lowest BCUT2D eigenvalue weighted by molar-refractivity contribution is -0.120. The number of amides is 2. The first-order chi connectivity index (χ1) is 22.0. The number of hydrogen-bond acceptors (Lipinski definition) is 7. The molecule has 10 nitrogen and oxygen atoms in total. The molecule has 2 aliphatic rings. The van der Waals surface area contributed by atoms with Crippen molar-refractivity contribution in [1.29, 1.82) is 0 Å². The number of carbonyl (C=O) groups excluding carboxylic acids is 2. The smallest absolute Gasteiger partial charge is 0.258 e. The minimum Gasteiger partial charge on any atom is -0.490 e. The average Bonchev–Trinajstić information content (AvgIpc) is 3.06. The van der Waals surface area contributed by atoms with Crippen molar-refractivity contribution in [3.05, 3.63) is 54.1 Å². The third-order valence-electron chi connectivity index (χ3n) is 9.18. The van der Waals surface area contributed by atoms with E-state index in [2.05, 4.69) is 5.32 Å². The number of nitrogens with zero attached hydrogens (tertiary/aromatic N) is 2. The van der Waals surface area contributed by atoms with Crippen LogP contribution in [-0.4, -0.2) is 86.1 Å². The number of aliphatic hydroxyl groups is 1. The summed E-state index contributed by atoms with van der Waals surface area (Å²) < 4.78 is 40.6. The van der Waals surface area contributed by atoms with Gasteiger partial charge in [-0.15, -0.1) is 0 Å². The van der Waals surface area contributed by atoms with Crippen molar-refractivity contribution in [3.8, 4) is 5.75 Å². The minimum absolute atomic E-state index is 0.0361. The molecule has 0 aromatic heterocycles. The van der Waals surface area contributed by atoms with Gasteiger partial charge in [-0.1, -0.05) is 44.4 Å². The van der Waals surface area contributed by atoms with E-state index < -0.39 is 22.2 Å². The molecule has 1 aliphatic heterocycles. The Kier molecular flexibility index (Phi) is 13.0. The van der Waals surface area contributed by atoms with Crippen LogP contribution in [0.2, 0.25) is 0 Å². The summed E-state index contributed by atoms with van der Waals surface area (Å²) in [7, 11) is -2.21. The second-order valence-corrected chi connectivity index (χ2v) is 15.0. The molecule has 2 amide bonds. The van der Waals surface area contributed by atoms with Gasteiger partial charge < -0.3 is 24.8 Å². The lowest BCUT2D eigenvalue weighted by Crippen LogP contribution is -2.48. The standard InChI is InChI=1S/C35H51N3O7S/c1-25-22-38(26(2)24-39)35(41)31-21-29(36-34(40)28-14-7-5-8-15-28)18-19-32(31)45-27(3)13-11-12-20-44-33(25)23-37(4)46(42,43)30-16-9-6-10-17-30/h6,9-10,16-19,21,25-28,33,39H,5,7-8,11-15,20,22-24H2,1-4H3,(H,36,40)/t25-,26+,27-,33+/m0/s1. The van der Waals surface area contributed by atoms with Gasteiger partial charge >= 0.3 is 0 Å². The molecule has 0 bridgehead atoms. The number of hydrogen-bond donors (Lipinski definition) is 2. The average molecular weight is 658 g/mol. The van der Waals surface area contributed by atoms with Crippen LogP contribution in [-0.2, 0) is 19.6 Å². The number of aliphatic hydroxyl groups excluding tert-OH is 1. The van der Waals surface area contributed by atoms with Crippen LogP contribution < -0.4 is 10.1 Å². The van der Waals surface area contributed by atoms with Crippen molar-refractivity contribution in [3.63, 3.8) is 0 Å². The third-order valence-corrected chi connectivity index (χ3v) is 11.0. The van der Waals surface area contributed by atoms with E-state index in [4.69, 9.17) is 9.47 Å².